The Kier molecular flexibility index (Phi) is 3.90. The maximum Gasteiger partial charge on any atom is 0.152 e. The van der Waals surface area contributed by atoms with Gasteiger partial charge >= 0.3 is 0 Å². The van der Waals surface area contributed by atoms with Crippen LogP contribution < -0.4 is 5.32 Å². The zero-order chi connectivity index (χ0) is 13.8. The van der Waals surface area contributed by atoms with Gasteiger partial charge < -0.3 is 5.32 Å². The zero-order valence-electron chi connectivity index (χ0n) is 10.9. The number of halogens is 1. The van der Waals surface area contributed by atoms with Crippen molar-refractivity contribution in [3.05, 3.63) is 71.0 Å². The fourth-order valence-electron chi connectivity index (χ4n) is 2.05. The second-order valence-corrected chi connectivity index (χ2v) is 4.90. The molecule has 3 nitrogen and oxygen atoms in total. The first kappa shape index (κ1) is 13.0. The summed E-state index contributed by atoms with van der Waals surface area (Å²) in [6, 6.07) is 18.0. The number of hydrogen-bond donors (Lipinski definition) is 1. The molecule has 1 heterocycles. The van der Waals surface area contributed by atoms with Crippen molar-refractivity contribution in [2.24, 2.45) is 0 Å². The van der Waals surface area contributed by atoms with Crippen LogP contribution in [0.25, 0.3) is 11.0 Å². The van der Waals surface area contributed by atoms with E-state index in [-0.39, 0.29) is 0 Å². The summed E-state index contributed by atoms with van der Waals surface area (Å²) in [6.45, 7) is 1.39. The molecule has 0 amide bonds. The van der Waals surface area contributed by atoms with Crippen LogP contribution in [0.5, 0.6) is 0 Å². The van der Waals surface area contributed by atoms with Crippen molar-refractivity contribution in [3.63, 3.8) is 0 Å². The molecular weight excluding hydrogens is 270 g/mol. The molecule has 4 heteroatoms. The fourth-order valence-corrected chi connectivity index (χ4v) is 2.25. The van der Waals surface area contributed by atoms with E-state index in [1.165, 1.54) is 5.56 Å². The van der Waals surface area contributed by atoms with Gasteiger partial charge in [0.1, 0.15) is 0 Å². The Morgan fingerprint density at radius 2 is 1.45 bits per heavy atom. The van der Waals surface area contributed by atoms with Gasteiger partial charge in [-0.05, 0) is 17.7 Å². The predicted molar refractivity (Wildman–Crippen MR) is 81.5 cm³/mol. The van der Waals surface area contributed by atoms with Crippen LogP contribution in [0.2, 0.25) is 5.15 Å². The SMILES string of the molecule is Clc1nc2ccccc2nc1CNCc1ccccc1. The molecule has 3 rings (SSSR count). The average molecular weight is 284 g/mol. The summed E-state index contributed by atoms with van der Waals surface area (Å²) in [7, 11) is 0. The number of benzene rings is 2. The molecule has 0 fully saturated rings. The molecule has 1 N–H and O–H groups in total. The largest absolute Gasteiger partial charge is 0.307 e. The maximum atomic E-state index is 6.17. The van der Waals surface area contributed by atoms with Gasteiger partial charge in [-0.3, -0.25) is 0 Å². The standard InChI is InChI=1S/C16H14ClN3/c17-16-15(11-18-10-12-6-2-1-3-7-12)19-13-8-4-5-9-14(13)20-16/h1-9,18H,10-11H2. The summed E-state index contributed by atoms with van der Waals surface area (Å²) < 4.78 is 0. The molecule has 0 aliphatic carbocycles. The van der Waals surface area contributed by atoms with E-state index in [1.807, 2.05) is 42.5 Å². The Bertz CT molecular complexity index is 713. The number of fused-ring (bicyclic) bond motifs is 1. The zero-order valence-corrected chi connectivity index (χ0v) is 11.6. The van der Waals surface area contributed by atoms with Crippen molar-refractivity contribution in [1.82, 2.24) is 15.3 Å². The predicted octanol–water partition coefficient (Wildman–Crippen LogP) is 3.57. The summed E-state index contributed by atoms with van der Waals surface area (Å²) in [5, 5.41) is 3.80. The van der Waals surface area contributed by atoms with Crippen LogP contribution in [0.3, 0.4) is 0 Å². The summed E-state index contributed by atoms with van der Waals surface area (Å²) in [5.74, 6) is 0. The summed E-state index contributed by atoms with van der Waals surface area (Å²) >= 11 is 6.17. The van der Waals surface area contributed by atoms with Gasteiger partial charge in [-0.2, -0.15) is 0 Å². The van der Waals surface area contributed by atoms with Crippen molar-refractivity contribution >= 4 is 22.6 Å². The van der Waals surface area contributed by atoms with Gasteiger partial charge in [0.15, 0.2) is 5.15 Å². The lowest BCUT2D eigenvalue weighted by Gasteiger charge is -2.07. The molecule has 2 aromatic carbocycles. The van der Waals surface area contributed by atoms with Crippen molar-refractivity contribution < 1.29 is 0 Å². The quantitative estimate of drug-likeness (QED) is 0.795. The molecule has 1 aromatic heterocycles. The molecule has 3 aromatic rings. The van der Waals surface area contributed by atoms with E-state index in [9.17, 15) is 0 Å². The third kappa shape index (κ3) is 2.95. The molecule has 0 saturated carbocycles. The monoisotopic (exact) mass is 283 g/mol. The third-order valence-electron chi connectivity index (χ3n) is 3.06. The molecule has 0 atom stereocenters. The first-order valence-electron chi connectivity index (χ1n) is 6.49. The highest BCUT2D eigenvalue weighted by Gasteiger charge is 2.06. The highest BCUT2D eigenvalue weighted by molar-refractivity contribution is 6.30. The molecule has 0 aliphatic heterocycles. The Hall–Kier alpha value is -1.97. The van der Waals surface area contributed by atoms with E-state index in [0.717, 1.165) is 23.3 Å². The Balaban J connectivity index is 1.72. The lowest BCUT2D eigenvalue weighted by atomic mass is 10.2. The Morgan fingerprint density at radius 3 is 2.20 bits per heavy atom. The summed E-state index contributed by atoms with van der Waals surface area (Å²) in [6.07, 6.45) is 0. The van der Waals surface area contributed by atoms with Gasteiger partial charge in [0.2, 0.25) is 0 Å². The first-order valence-corrected chi connectivity index (χ1v) is 6.86. The normalized spacial score (nSPS) is 10.8. The minimum absolute atomic E-state index is 0.462. The number of nitrogens with one attached hydrogen (secondary N) is 1. The molecular formula is C16H14ClN3. The number of rotatable bonds is 4. The molecule has 20 heavy (non-hydrogen) atoms. The van der Waals surface area contributed by atoms with E-state index < -0.39 is 0 Å². The number of nitrogens with zero attached hydrogens (tertiary/aromatic N) is 2. The van der Waals surface area contributed by atoms with Gasteiger partial charge in [-0.25, -0.2) is 9.97 Å². The van der Waals surface area contributed by atoms with Gasteiger partial charge in [-0.15, -0.1) is 0 Å². The van der Waals surface area contributed by atoms with Crippen molar-refractivity contribution in [2.45, 2.75) is 13.1 Å². The topological polar surface area (TPSA) is 37.8 Å². The van der Waals surface area contributed by atoms with Crippen molar-refractivity contribution in [2.75, 3.05) is 0 Å². The molecule has 0 bridgehead atoms. The summed E-state index contributed by atoms with van der Waals surface area (Å²) in [4.78, 5) is 8.91. The lowest BCUT2D eigenvalue weighted by Crippen LogP contribution is -2.14. The number of hydrogen-bond acceptors (Lipinski definition) is 3. The van der Waals surface area contributed by atoms with Gasteiger partial charge in [0.25, 0.3) is 0 Å². The van der Waals surface area contributed by atoms with E-state index in [2.05, 4.69) is 27.4 Å². The van der Waals surface area contributed by atoms with Gasteiger partial charge in [0, 0.05) is 13.1 Å². The second kappa shape index (κ2) is 5.99. The molecule has 0 saturated heterocycles. The highest BCUT2D eigenvalue weighted by atomic mass is 35.5. The maximum absolute atomic E-state index is 6.17. The smallest absolute Gasteiger partial charge is 0.152 e. The average Bonchev–Trinajstić information content (AvgIpc) is 2.49. The Morgan fingerprint density at radius 1 is 0.800 bits per heavy atom. The summed E-state index contributed by atoms with van der Waals surface area (Å²) in [5.41, 5.74) is 3.70. The van der Waals surface area contributed by atoms with Crippen molar-refractivity contribution in [1.29, 1.82) is 0 Å². The molecule has 0 spiro atoms. The molecule has 0 unspecified atom stereocenters. The van der Waals surface area contributed by atoms with Crippen LogP contribution in [-0.4, -0.2) is 9.97 Å². The Labute approximate surface area is 122 Å². The van der Waals surface area contributed by atoms with Crippen LogP contribution in [0.15, 0.2) is 54.6 Å². The van der Waals surface area contributed by atoms with Crippen LogP contribution in [-0.2, 0) is 13.1 Å². The number of aromatic nitrogens is 2. The van der Waals surface area contributed by atoms with Gasteiger partial charge in [-0.1, -0.05) is 54.1 Å². The first-order chi connectivity index (χ1) is 9.83. The second-order valence-electron chi connectivity index (χ2n) is 4.54. The molecule has 0 radical (unpaired) electrons. The molecule has 0 aliphatic rings. The third-order valence-corrected chi connectivity index (χ3v) is 3.36. The van der Waals surface area contributed by atoms with Crippen LogP contribution >= 0.6 is 11.6 Å². The number of para-hydroxylation sites is 2. The van der Waals surface area contributed by atoms with Crippen LogP contribution in [0.1, 0.15) is 11.3 Å². The van der Waals surface area contributed by atoms with E-state index in [1.54, 1.807) is 0 Å². The van der Waals surface area contributed by atoms with Gasteiger partial charge in [0.05, 0.1) is 16.7 Å². The minimum atomic E-state index is 0.462. The molecule has 100 valence electrons. The van der Waals surface area contributed by atoms with E-state index in [4.69, 9.17) is 11.6 Å². The minimum Gasteiger partial charge on any atom is -0.307 e. The van der Waals surface area contributed by atoms with Crippen LogP contribution in [0, 0.1) is 0 Å². The highest BCUT2D eigenvalue weighted by Crippen LogP contribution is 2.16. The van der Waals surface area contributed by atoms with Crippen molar-refractivity contribution in [3.8, 4) is 0 Å². The van der Waals surface area contributed by atoms with E-state index >= 15 is 0 Å². The van der Waals surface area contributed by atoms with Crippen LogP contribution in [0.4, 0.5) is 0 Å². The lowest BCUT2D eigenvalue weighted by molar-refractivity contribution is 0.680. The fraction of sp³-hybridized carbons (Fsp3) is 0.125. The van der Waals surface area contributed by atoms with E-state index in [0.29, 0.717) is 11.7 Å².